The summed E-state index contributed by atoms with van der Waals surface area (Å²) in [6.07, 6.45) is 5.84. The Hall–Kier alpha value is -2.43. The van der Waals surface area contributed by atoms with Crippen molar-refractivity contribution in [1.29, 1.82) is 0 Å². The Balaban J connectivity index is 1.70. The fourth-order valence-electron chi connectivity index (χ4n) is 2.81. The van der Waals surface area contributed by atoms with Crippen molar-refractivity contribution in [3.05, 3.63) is 53.1 Å². The predicted octanol–water partition coefficient (Wildman–Crippen LogP) is 1.97. The highest BCUT2D eigenvalue weighted by Crippen LogP contribution is 2.17. The van der Waals surface area contributed by atoms with Gasteiger partial charge in [-0.05, 0) is 12.8 Å². The number of carbonyl (C=O) groups excluding carboxylic acids is 1. The summed E-state index contributed by atoms with van der Waals surface area (Å²) in [6.45, 7) is 0.0252. The normalized spacial score (nSPS) is 14.9. The third kappa shape index (κ3) is 3.42. The van der Waals surface area contributed by atoms with Gasteiger partial charge in [0.1, 0.15) is 6.54 Å². The van der Waals surface area contributed by atoms with E-state index in [-0.39, 0.29) is 24.1 Å². The summed E-state index contributed by atoms with van der Waals surface area (Å²) >= 11 is 0. The molecule has 1 amide bonds. The highest BCUT2D eigenvalue weighted by molar-refractivity contribution is 5.76. The van der Waals surface area contributed by atoms with Crippen LogP contribution in [-0.4, -0.2) is 21.5 Å². The molecular formula is C17H19N3O2. The zero-order valence-electron chi connectivity index (χ0n) is 12.4. The smallest absolute Gasteiger partial charge is 0.254 e. The molecule has 0 bridgehead atoms. The van der Waals surface area contributed by atoms with Crippen LogP contribution in [0.2, 0.25) is 0 Å². The summed E-state index contributed by atoms with van der Waals surface area (Å²) in [5.74, 6) is -0.122. The number of hydrogen-bond acceptors (Lipinski definition) is 3. The standard InChI is InChI=1S/C17H19N3O2/c21-16(19-14-8-4-5-9-14)11-20-12-18-15(10-17(20)22)13-6-2-1-3-7-13/h1-3,6-7,10,12,14H,4-5,8-9,11H2,(H,19,21). The fraction of sp³-hybridized carbons (Fsp3) is 0.353. The summed E-state index contributed by atoms with van der Waals surface area (Å²) in [6, 6.07) is 11.3. The molecule has 1 heterocycles. The largest absolute Gasteiger partial charge is 0.352 e. The molecular weight excluding hydrogens is 278 g/mol. The maximum Gasteiger partial charge on any atom is 0.254 e. The van der Waals surface area contributed by atoms with Crippen molar-refractivity contribution in [2.24, 2.45) is 0 Å². The van der Waals surface area contributed by atoms with Crippen molar-refractivity contribution in [3.8, 4) is 11.3 Å². The molecule has 0 spiro atoms. The van der Waals surface area contributed by atoms with Gasteiger partial charge in [0.25, 0.3) is 5.56 Å². The van der Waals surface area contributed by atoms with Crippen LogP contribution in [0.4, 0.5) is 0 Å². The van der Waals surface area contributed by atoms with E-state index in [1.165, 1.54) is 17.0 Å². The average molecular weight is 297 g/mol. The molecule has 1 N–H and O–H groups in total. The van der Waals surface area contributed by atoms with Crippen LogP contribution in [0.25, 0.3) is 11.3 Å². The minimum Gasteiger partial charge on any atom is -0.352 e. The number of nitrogens with zero attached hydrogens (tertiary/aromatic N) is 2. The number of nitrogens with one attached hydrogen (secondary N) is 1. The number of hydrogen-bond donors (Lipinski definition) is 1. The molecule has 5 nitrogen and oxygen atoms in total. The molecule has 0 saturated heterocycles. The van der Waals surface area contributed by atoms with Gasteiger partial charge in [-0.25, -0.2) is 4.98 Å². The molecule has 1 saturated carbocycles. The van der Waals surface area contributed by atoms with Crippen molar-refractivity contribution in [3.63, 3.8) is 0 Å². The van der Waals surface area contributed by atoms with Crippen LogP contribution in [-0.2, 0) is 11.3 Å². The number of amides is 1. The molecule has 1 aliphatic carbocycles. The topological polar surface area (TPSA) is 64.0 Å². The third-order valence-electron chi connectivity index (χ3n) is 3.98. The van der Waals surface area contributed by atoms with E-state index in [0.717, 1.165) is 31.2 Å². The molecule has 0 atom stereocenters. The van der Waals surface area contributed by atoms with Crippen LogP contribution in [0.15, 0.2) is 47.5 Å². The van der Waals surface area contributed by atoms with E-state index >= 15 is 0 Å². The predicted molar refractivity (Wildman–Crippen MR) is 84.3 cm³/mol. The molecule has 2 aromatic rings. The van der Waals surface area contributed by atoms with Crippen LogP contribution in [0.5, 0.6) is 0 Å². The van der Waals surface area contributed by atoms with Gasteiger partial charge in [-0.2, -0.15) is 0 Å². The van der Waals surface area contributed by atoms with Crippen LogP contribution in [0, 0.1) is 0 Å². The van der Waals surface area contributed by atoms with Crippen LogP contribution >= 0.6 is 0 Å². The quantitative estimate of drug-likeness (QED) is 0.938. The van der Waals surface area contributed by atoms with Crippen LogP contribution < -0.4 is 10.9 Å². The Morgan fingerprint density at radius 2 is 1.95 bits per heavy atom. The molecule has 0 aliphatic heterocycles. The zero-order valence-corrected chi connectivity index (χ0v) is 12.4. The fourth-order valence-corrected chi connectivity index (χ4v) is 2.81. The number of rotatable bonds is 4. The first-order valence-corrected chi connectivity index (χ1v) is 7.63. The SMILES string of the molecule is O=C(Cn1cnc(-c2ccccc2)cc1=O)NC1CCCC1. The van der Waals surface area contributed by atoms with Gasteiger partial charge in [0.05, 0.1) is 12.0 Å². The Morgan fingerprint density at radius 1 is 1.23 bits per heavy atom. The van der Waals surface area contributed by atoms with E-state index in [0.29, 0.717) is 5.69 Å². The van der Waals surface area contributed by atoms with Gasteiger partial charge in [0.2, 0.25) is 5.91 Å². The first-order chi connectivity index (χ1) is 10.7. The van der Waals surface area contributed by atoms with Crippen LogP contribution in [0.1, 0.15) is 25.7 Å². The Labute approximate surface area is 129 Å². The lowest BCUT2D eigenvalue weighted by Gasteiger charge is -2.12. The summed E-state index contributed by atoms with van der Waals surface area (Å²) in [5, 5.41) is 2.97. The second-order valence-corrected chi connectivity index (χ2v) is 5.66. The summed E-state index contributed by atoms with van der Waals surface area (Å²) in [5.41, 5.74) is 1.30. The van der Waals surface area contributed by atoms with E-state index < -0.39 is 0 Å². The van der Waals surface area contributed by atoms with Gasteiger partial charge in [-0.3, -0.25) is 14.2 Å². The van der Waals surface area contributed by atoms with Gasteiger partial charge >= 0.3 is 0 Å². The lowest BCUT2D eigenvalue weighted by atomic mass is 10.1. The third-order valence-corrected chi connectivity index (χ3v) is 3.98. The van der Waals surface area contributed by atoms with E-state index in [4.69, 9.17) is 0 Å². The molecule has 0 radical (unpaired) electrons. The highest BCUT2D eigenvalue weighted by atomic mass is 16.2. The minimum atomic E-state index is -0.213. The Morgan fingerprint density at radius 3 is 2.64 bits per heavy atom. The Bertz CT molecular complexity index is 703. The molecule has 1 aromatic carbocycles. The summed E-state index contributed by atoms with van der Waals surface area (Å²) < 4.78 is 1.34. The molecule has 0 unspecified atom stereocenters. The first-order valence-electron chi connectivity index (χ1n) is 7.63. The molecule has 22 heavy (non-hydrogen) atoms. The number of aromatic nitrogens is 2. The average Bonchev–Trinajstić information content (AvgIpc) is 3.03. The zero-order chi connectivity index (χ0) is 15.4. The second kappa shape index (κ2) is 6.56. The van der Waals surface area contributed by atoms with Crippen molar-refractivity contribution < 1.29 is 4.79 Å². The number of benzene rings is 1. The maximum atomic E-state index is 12.1. The number of carbonyl (C=O) groups is 1. The molecule has 114 valence electrons. The first kappa shape index (κ1) is 14.5. The second-order valence-electron chi connectivity index (χ2n) is 5.66. The van der Waals surface area contributed by atoms with E-state index in [9.17, 15) is 9.59 Å². The lowest BCUT2D eigenvalue weighted by Crippen LogP contribution is -2.37. The monoisotopic (exact) mass is 297 g/mol. The molecule has 3 rings (SSSR count). The van der Waals surface area contributed by atoms with Gasteiger partial charge < -0.3 is 5.32 Å². The van der Waals surface area contributed by atoms with Crippen molar-refractivity contribution in [2.45, 2.75) is 38.3 Å². The van der Waals surface area contributed by atoms with Gasteiger partial charge in [0, 0.05) is 17.7 Å². The van der Waals surface area contributed by atoms with Crippen molar-refractivity contribution >= 4 is 5.91 Å². The molecule has 1 fully saturated rings. The van der Waals surface area contributed by atoms with Gasteiger partial charge in [-0.15, -0.1) is 0 Å². The minimum absolute atomic E-state index is 0.0252. The molecule has 1 aliphatic rings. The van der Waals surface area contributed by atoms with Crippen molar-refractivity contribution in [2.75, 3.05) is 0 Å². The van der Waals surface area contributed by atoms with Gasteiger partial charge in [0.15, 0.2) is 0 Å². The summed E-state index contributed by atoms with van der Waals surface area (Å²) in [4.78, 5) is 28.4. The van der Waals surface area contributed by atoms with Crippen molar-refractivity contribution in [1.82, 2.24) is 14.9 Å². The maximum absolute atomic E-state index is 12.1. The lowest BCUT2D eigenvalue weighted by molar-refractivity contribution is -0.122. The summed E-state index contributed by atoms with van der Waals surface area (Å²) in [7, 11) is 0. The van der Waals surface area contributed by atoms with E-state index in [2.05, 4.69) is 10.3 Å². The van der Waals surface area contributed by atoms with E-state index in [1.807, 2.05) is 30.3 Å². The highest BCUT2D eigenvalue weighted by Gasteiger charge is 2.17. The molecule has 1 aromatic heterocycles. The van der Waals surface area contributed by atoms with Gasteiger partial charge in [-0.1, -0.05) is 43.2 Å². The Kier molecular flexibility index (Phi) is 4.32. The molecule has 5 heteroatoms. The van der Waals surface area contributed by atoms with Crippen LogP contribution in [0.3, 0.4) is 0 Å². The van der Waals surface area contributed by atoms with E-state index in [1.54, 1.807) is 0 Å².